The van der Waals surface area contributed by atoms with Gasteiger partial charge in [-0.25, -0.2) is 9.78 Å². The van der Waals surface area contributed by atoms with Crippen molar-refractivity contribution in [2.75, 3.05) is 11.9 Å². The maximum absolute atomic E-state index is 12.6. The molecule has 3 heterocycles. The van der Waals surface area contributed by atoms with Crippen LogP contribution in [0.15, 0.2) is 54.0 Å². The molecule has 1 aliphatic carbocycles. The lowest BCUT2D eigenvalue weighted by Crippen LogP contribution is -2.19. The Hall–Kier alpha value is -3.22. The molecule has 0 saturated heterocycles. The van der Waals surface area contributed by atoms with Crippen molar-refractivity contribution in [2.24, 2.45) is 0 Å². The van der Waals surface area contributed by atoms with Gasteiger partial charge in [0.1, 0.15) is 5.82 Å². The van der Waals surface area contributed by atoms with Crippen LogP contribution in [0.3, 0.4) is 0 Å². The SMILES string of the molecule is O=c1[nH]c(NCCc2c[nH]c3ccccc23)c(C2CC2)n1CCCn1ccnc1. The summed E-state index contributed by atoms with van der Waals surface area (Å²) in [5.41, 5.74) is 3.61. The smallest absolute Gasteiger partial charge is 0.327 e. The quantitative estimate of drug-likeness (QED) is 0.409. The van der Waals surface area contributed by atoms with Crippen molar-refractivity contribution in [3.8, 4) is 0 Å². The lowest BCUT2D eigenvalue weighted by atomic mass is 10.1. The minimum Gasteiger partial charge on any atom is -0.370 e. The van der Waals surface area contributed by atoms with Crippen LogP contribution in [0.5, 0.6) is 0 Å². The number of aryl methyl sites for hydroxylation is 1. The molecule has 7 nitrogen and oxygen atoms in total. The summed E-state index contributed by atoms with van der Waals surface area (Å²) in [6.45, 7) is 2.38. The van der Waals surface area contributed by atoms with Gasteiger partial charge in [0.25, 0.3) is 0 Å². The third kappa shape index (κ3) is 3.72. The largest absolute Gasteiger partial charge is 0.370 e. The fraction of sp³-hybridized carbons (Fsp3) is 0.364. The van der Waals surface area contributed by atoms with Gasteiger partial charge in [0.05, 0.1) is 12.0 Å². The lowest BCUT2D eigenvalue weighted by Gasteiger charge is -2.10. The van der Waals surface area contributed by atoms with E-state index in [4.69, 9.17) is 0 Å². The van der Waals surface area contributed by atoms with E-state index >= 15 is 0 Å². The van der Waals surface area contributed by atoms with Gasteiger partial charge in [-0.2, -0.15) is 0 Å². The fourth-order valence-corrected chi connectivity index (χ4v) is 4.11. The summed E-state index contributed by atoms with van der Waals surface area (Å²) in [7, 11) is 0. The standard InChI is InChI=1S/C22H26N6O/c29-22-26-21(24-9-8-17-14-25-19-5-2-1-4-18(17)19)20(16-6-7-16)28(22)12-3-11-27-13-10-23-15-27/h1-2,4-5,10,13-16,24-25H,3,6-9,11-12H2,(H,26,29). The van der Waals surface area contributed by atoms with E-state index < -0.39 is 0 Å². The first-order valence-electron chi connectivity index (χ1n) is 10.4. The van der Waals surface area contributed by atoms with Gasteiger partial charge in [-0.05, 0) is 37.3 Å². The predicted octanol–water partition coefficient (Wildman–Crippen LogP) is 3.48. The molecule has 0 amide bonds. The zero-order valence-electron chi connectivity index (χ0n) is 16.4. The number of aromatic amines is 2. The minimum absolute atomic E-state index is 0.00729. The summed E-state index contributed by atoms with van der Waals surface area (Å²) < 4.78 is 3.98. The van der Waals surface area contributed by atoms with Crippen molar-refractivity contribution in [1.29, 1.82) is 0 Å². The highest BCUT2D eigenvalue weighted by Gasteiger charge is 2.31. The van der Waals surface area contributed by atoms with Gasteiger partial charge < -0.3 is 14.9 Å². The van der Waals surface area contributed by atoms with Crippen LogP contribution in [0.1, 0.15) is 36.4 Å². The molecule has 0 aliphatic heterocycles. The number of rotatable bonds is 9. The van der Waals surface area contributed by atoms with Gasteiger partial charge in [-0.1, -0.05) is 18.2 Å². The Morgan fingerprint density at radius 3 is 2.93 bits per heavy atom. The predicted molar refractivity (Wildman–Crippen MR) is 114 cm³/mol. The summed E-state index contributed by atoms with van der Waals surface area (Å²) in [6, 6.07) is 8.36. The number of H-pyrrole nitrogens is 2. The molecule has 29 heavy (non-hydrogen) atoms. The van der Waals surface area contributed by atoms with Crippen LogP contribution < -0.4 is 11.0 Å². The van der Waals surface area contributed by atoms with E-state index in [-0.39, 0.29) is 5.69 Å². The molecule has 1 fully saturated rings. The van der Waals surface area contributed by atoms with Crippen LogP contribution in [0, 0.1) is 0 Å². The Bertz CT molecular complexity index is 1150. The van der Waals surface area contributed by atoms with Gasteiger partial charge in [0.2, 0.25) is 0 Å². The summed E-state index contributed by atoms with van der Waals surface area (Å²) in [5.74, 6) is 1.40. The Morgan fingerprint density at radius 1 is 1.21 bits per heavy atom. The van der Waals surface area contributed by atoms with Crippen LogP contribution in [-0.4, -0.2) is 30.6 Å². The Morgan fingerprint density at radius 2 is 2.10 bits per heavy atom. The molecule has 1 aliphatic rings. The molecule has 0 unspecified atom stereocenters. The Balaban J connectivity index is 1.26. The molecule has 3 N–H and O–H groups in total. The van der Waals surface area contributed by atoms with Crippen LogP contribution >= 0.6 is 0 Å². The monoisotopic (exact) mass is 390 g/mol. The summed E-state index contributed by atoms with van der Waals surface area (Å²) in [6.07, 6.45) is 11.8. The molecule has 0 radical (unpaired) electrons. The number of benzene rings is 1. The number of para-hydroxylation sites is 1. The fourth-order valence-electron chi connectivity index (χ4n) is 4.11. The second-order valence-electron chi connectivity index (χ2n) is 7.81. The molecule has 0 atom stereocenters. The highest BCUT2D eigenvalue weighted by atomic mass is 16.1. The van der Waals surface area contributed by atoms with E-state index in [0.717, 1.165) is 56.8 Å². The van der Waals surface area contributed by atoms with Crippen molar-refractivity contribution in [1.82, 2.24) is 24.1 Å². The van der Waals surface area contributed by atoms with Gasteiger partial charge in [-0.15, -0.1) is 0 Å². The van der Waals surface area contributed by atoms with Gasteiger partial charge in [-0.3, -0.25) is 9.55 Å². The van der Waals surface area contributed by atoms with Crippen molar-refractivity contribution in [2.45, 2.75) is 44.7 Å². The zero-order chi connectivity index (χ0) is 19.6. The molecule has 0 bridgehead atoms. The van der Waals surface area contributed by atoms with E-state index in [9.17, 15) is 4.79 Å². The van der Waals surface area contributed by atoms with E-state index in [0.29, 0.717) is 5.92 Å². The molecule has 150 valence electrons. The summed E-state index contributed by atoms with van der Waals surface area (Å²) in [5, 5.41) is 4.76. The number of nitrogens with one attached hydrogen (secondary N) is 3. The van der Waals surface area contributed by atoms with Crippen molar-refractivity contribution >= 4 is 16.7 Å². The van der Waals surface area contributed by atoms with Crippen LogP contribution in [-0.2, 0) is 19.5 Å². The van der Waals surface area contributed by atoms with Gasteiger partial charge in [0, 0.05) is 55.0 Å². The molecule has 4 aromatic rings. The topological polar surface area (TPSA) is 83.4 Å². The maximum atomic E-state index is 12.6. The third-order valence-corrected chi connectivity index (χ3v) is 5.72. The molecule has 7 heteroatoms. The van der Waals surface area contributed by atoms with E-state index in [1.54, 1.807) is 6.20 Å². The second kappa shape index (κ2) is 7.66. The van der Waals surface area contributed by atoms with E-state index in [1.165, 1.54) is 16.5 Å². The first kappa shape index (κ1) is 17.8. The number of fused-ring (bicyclic) bond motifs is 1. The number of imidazole rings is 2. The Labute approximate surface area is 168 Å². The van der Waals surface area contributed by atoms with Crippen LogP contribution in [0.2, 0.25) is 0 Å². The molecular weight excluding hydrogens is 364 g/mol. The summed E-state index contributed by atoms with van der Waals surface area (Å²) >= 11 is 0. The molecule has 1 saturated carbocycles. The third-order valence-electron chi connectivity index (χ3n) is 5.72. The number of anilines is 1. The van der Waals surface area contributed by atoms with Crippen molar-refractivity contribution in [3.63, 3.8) is 0 Å². The highest BCUT2D eigenvalue weighted by molar-refractivity contribution is 5.83. The van der Waals surface area contributed by atoms with Crippen molar-refractivity contribution in [3.05, 3.63) is 70.9 Å². The van der Waals surface area contributed by atoms with Crippen LogP contribution in [0.4, 0.5) is 5.82 Å². The summed E-state index contributed by atoms with van der Waals surface area (Å²) in [4.78, 5) is 23.1. The van der Waals surface area contributed by atoms with Gasteiger partial charge >= 0.3 is 5.69 Å². The van der Waals surface area contributed by atoms with E-state index in [2.05, 4.69) is 49.2 Å². The number of aromatic nitrogens is 5. The molecule has 3 aromatic heterocycles. The molecule has 1 aromatic carbocycles. The maximum Gasteiger partial charge on any atom is 0.327 e. The van der Waals surface area contributed by atoms with Crippen molar-refractivity contribution < 1.29 is 0 Å². The van der Waals surface area contributed by atoms with Gasteiger partial charge in [0.15, 0.2) is 0 Å². The Kier molecular flexibility index (Phi) is 4.71. The van der Waals surface area contributed by atoms with Crippen LogP contribution in [0.25, 0.3) is 10.9 Å². The first-order valence-corrected chi connectivity index (χ1v) is 10.4. The molecule has 5 rings (SSSR count). The minimum atomic E-state index is -0.00729. The normalized spacial score (nSPS) is 13.9. The molecule has 0 spiro atoms. The second-order valence-corrected chi connectivity index (χ2v) is 7.81. The lowest BCUT2D eigenvalue weighted by molar-refractivity contribution is 0.541. The molecular formula is C22H26N6O. The van der Waals surface area contributed by atoms with E-state index in [1.807, 2.05) is 23.2 Å². The first-order chi connectivity index (χ1) is 14.3. The highest BCUT2D eigenvalue weighted by Crippen LogP contribution is 2.42. The average molecular weight is 390 g/mol. The average Bonchev–Trinajstić information content (AvgIpc) is 3.14. The number of hydrogen-bond acceptors (Lipinski definition) is 3. The number of nitrogens with zero attached hydrogens (tertiary/aromatic N) is 3. The zero-order valence-corrected chi connectivity index (χ0v) is 16.4. The number of hydrogen-bond donors (Lipinski definition) is 3.